The van der Waals surface area contributed by atoms with Gasteiger partial charge in [0.25, 0.3) is 0 Å². The molecule has 0 aliphatic heterocycles. The molecule has 0 aliphatic carbocycles. The van der Waals surface area contributed by atoms with Gasteiger partial charge < -0.3 is 14.6 Å². The highest BCUT2D eigenvalue weighted by Crippen LogP contribution is 2.25. The van der Waals surface area contributed by atoms with Crippen LogP contribution in [0.3, 0.4) is 0 Å². The van der Waals surface area contributed by atoms with Gasteiger partial charge in [-0.15, -0.1) is 0 Å². The second-order valence-corrected chi connectivity index (χ2v) is 4.66. The summed E-state index contributed by atoms with van der Waals surface area (Å²) in [6.45, 7) is 2.10. The fourth-order valence-corrected chi connectivity index (χ4v) is 1.67. The van der Waals surface area contributed by atoms with Gasteiger partial charge in [-0.2, -0.15) is 0 Å². The number of ether oxygens (including phenoxy) is 2. The molecule has 112 valence electrons. The molecule has 0 fully saturated rings. The first kappa shape index (κ1) is 15.3. The Kier molecular flexibility index (Phi) is 5.11. The minimum absolute atomic E-state index is 0.0928. The van der Waals surface area contributed by atoms with Crippen molar-refractivity contribution in [3.05, 3.63) is 54.1 Å². The first-order valence-corrected chi connectivity index (χ1v) is 6.58. The van der Waals surface area contributed by atoms with E-state index in [1.54, 1.807) is 31.2 Å². The molecule has 0 spiro atoms. The first-order chi connectivity index (χ1) is 10.0. The molecule has 0 saturated heterocycles. The minimum Gasteiger partial charge on any atom is -0.493 e. The van der Waals surface area contributed by atoms with Crippen LogP contribution in [0.15, 0.2) is 42.5 Å². The van der Waals surface area contributed by atoms with E-state index in [1.165, 1.54) is 0 Å². The Balaban J connectivity index is 1.95. The number of rotatable bonds is 6. The Bertz CT molecular complexity index is 562. The van der Waals surface area contributed by atoms with Crippen LogP contribution in [0.4, 0.5) is 8.78 Å². The molecule has 0 heterocycles. The highest BCUT2D eigenvalue weighted by atomic mass is 19.1. The molecular formula is C16H16F2O3. The van der Waals surface area contributed by atoms with Gasteiger partial charge in [0.2, 0.25) is 0 Å². The van der Waals surface area contributed by atoms with Crippen LogP contribution >= 0.6 is 0 Å². The summed E-state index contributed by atoms with van der Waals surface area (Å²) in [7, 11) is 0. The van der Waals surface area contributed by atoms with E-state index < -0.39 is 17.7 Å². The third kappa shape index (κ3) is 5.04. The van der Waals surface area contributed by atoms with Gasteiger partial charge >= 0.3 is 0 Å². The van der Waals surface area contributed by atoms with Gasteiger partial charge in [-0.3, -0.25) is 0 Å². The number of halogens is 2. The summed E-state index contributed by atoms with van der Waals surface area (Å²) in [5.41, 5.74) is 0. The quantitative estimate of drug-likeness (QED) is 0.878. The van der Waals surface area contributed by atoms with Crippen molar-refractivity contribution in [3.8, 4) is 17.2 Å². The molecule has 1 N–H and O–H groups in total. The van der Waals surface area contributed by atoms with Crippen molar-refractivity contribution in [2.75, 3.05) is 6.61 Å². The van der Waals surface area contributed by atoms with Gasteiger partial charge in [-0.1, -0.05) is 0 Å². The molecule has 0 aromatic heterocycles. The van der Waals surface area contributed by atoms with E-state index in [1.807, 2.05) is 0 Å². The highest BCUT2D eigenvalue weighted by Gasteiger charge is 2.04. The Morgan fingerprint density at radius 2 is 1.52 bits per heavy atom. The maximum Gasteiger partial charge on any atom is 0.133 e. The molecule has 2 aromatic carbocycles. The Hall–Kier alpha value is -2.14. The van der Waals surface area contributed by atoms with E-state index >= 15 is 0 Å². The van der Waals surface area contributed by atoms with E-state index in [4.69, 9.17) is 14.6 Å². The highest BCUT2D eigenvalue weighted by molar-refractivity contribution is 5.35. The zero-order chi connectivity index (χ0) is 15.2. The van der Waals surface area contributed by atoms with Crippen LogP contribution in [0.2, 0.25) is 0 Å². The zero-order valence-electron chi connectivity index (χ0n) is 11.6. The zero-order valence-corrected chi connectivity index (χ0v) is 11.6. The topological polar surface area (TPSA) is 38.7 Å². The second-order valence-electron chi connectivity index (χ2n) is 4.66. The average molecular weight is 294 g/mol. The van der Waals surface area contributed by atoms with Crippen molar-refractivity contribution in [2.24, 2.45) is 0 Å². The molecule has 0 radical (unpaired) electrons. The van der Waals surface area contributed by atoms with E-state index in [0.29, 0.717) is 24.5 Å². The van der Waals surface area contributed by atoms with Crippen molar-refractivity contribution in [1.29, 1.82) is 0 Å². The van der Waals surface area contributed by atoms with Crippen LogP contribution in [0.1, 0.15) is 13.3 Å². The van der Waals surface area contributed by atoms with Gasteiger partial charge in [0, 0.05) is 24.6 Å². The van der Waals surface area contributed by atoms with E-state index in [2.05, 4.69) is 0 Å². The van der Waals surface area contributed by atoms with E-state index in [0.717, 1.165) is 18.2 Å². The average Bonchev–Trinajstić information content (AvgIpc) is 2.39. The largest absolute Gasteiger partial charge is 0.493 e. The Labute approximate surface area is 121 Å². The lowest BCUT2D eigenvalue weighted by Gasteiger charge is -2.09. The molecule has 2 rings (SSSR count). The van der Waals surface area contributed by atoms with Gasteiger partial charge in [-0.25, -0.2) is 8.78 Å². The molecule has 0 saturated carbocycles. The number of hydrogen-bond donors (Lipinski definition) is 1. The minimum atomic E-state index is -0.692. The summed E-state index contributed by atoms with van der Waals surface area (Å²) in [5, 5.41) is 9.12. The number of hydrogen-bond acceptors (Lipinski definition) is 3. The fourth-order valence-electron chi connectivity index (χ4n) is 1.67. The molecule has 0 bridgehead atoms. The van der Waals surface area contributed by atoms with Crippen LogP contribution < -0.4 is 9.47 Å². The van der Waals surface area contributed by atoms with Crippen molar-refractivity contribution < 1.29 is 23.4 Å². The molecule has 1 atom stereocenters. The van der Waals surface area contributed by atoms with Crippen molar-refractivity contribution in [1.82, 2.24) is 0 Å². The SMILES string of the molecule is CC(O)CCOc1ccc(Oc2cc(F)cc(F)c2)cc1. The van der Waals surface area contributed by atoms with Crippen LogP contribution in [0, 0.1) is 11.6 Å². The predicted molar refractivity (Wildman–Crippen MR) is 74.7 cm³/mol. The molecular weight excluding hydrogens is 278 g/mol. The molecule has 1 unspecified atom stereocenters. The number of benzene rings is 2. The summed E-state index contributed by atoms with van der Waals surface area (Å²) in [6, 6.07) is 9.65. The van der Waals surface area contributed by atoms with Gasteiger partial charge in [0.1, 0.15) is 28.9 Å². The van der Waals surface area contributed by atoms with Crippen LogP contribution in [0.25, 0.3) is 0 Å². The Morgan fingerprint density at radius 1 is 0.952 bits per heavy atom. The monoisotopic (exact) mass is 294 g/mol. The second kappa shape index (κ2) is 7.04. The Morgan fingerprint density at radius 3 is 2.10 bits per heavy atom. The standard InChI is InChI=1S/C16H16F2O3/c1-11(19)6-7-20-14-2-4-15(5-3-14)21-16-9-12(17)8-13(18)10-16/h2-5,8-11,19H,6-7H2,1H3. The van der Waals surface area contributed by atoms with Gasteiger partial charge in [0.15, 0.2) is 0 Å². The summed E-state index contributed by atoms with van der Waals surface area (Å²) in [6.07, 6.45) is 0.136. The summed E-state index contributed by atoms with van der Waals surface area (Å²) in [5.74, 6) is -0.210. The van der Waals surface area contributed by atoms with Crippen molar-refractivity contribution in [3.63, 3.8) is 0 Å². The lowest BCUT2D eigenvalue weighted by molar-refractivity contribution is 0.155. The fraction of sp³-hybridized carbons (Fsp3) is 0.250. The third-order valence-electron chi connectivity index (χ3n) is 2.70. The number of aliphatic hydroxyl groups is 1. The first-order valence-electron chi connectivity index (χ1n) is 6.58. The predicted octanol–water partition coefficient (Wildman–Crippen LogP) is 3.91. The molecule has 5 heteroatoms. The van der Waals surface area contributed by atoms with Crippen molar-refractivity contribution >= 4 is 0 Å². The smallest absolute Gasteiger partial charge is 0.133 e. The van der Waals surface area contributed by atoms with Crippen LogP contribution in [0.5, 0.6) is 17.2 Å². The van der Waals surface area contributed by atoms with Crippen LogP contribution in [-0.2, 0) is 0 Å². The molecule has 0 amide bonds. The maximum atomic E-state index is 13.0. The number of aliphatic hydroxyl groups excluding tert-OH is 1. The summed E-state index contributed by atoms with van der Waals surface area (Å²) < 4.78 is 36.9. The molecule has 2 aromatic rings. The van der Waals surface area contributed by atoms with Crippen LogP contribution in [-0.4, -0.2) is 17.8 Å². The molecule has 21 heavy (non-hydrogen) atoms. The summed E-state index contributed by atoms with van der Waals surface area (Å²) >= 11 is 0. The van der Waals surface area contributed by atoms with Gasteiger partial charge in [0.05, 0.1) is 12.7 Å². The van der Waals surface area contributed by atoms with E-state index in [-0.39, 0.29) is 5.75 Å². The molecule has 3 nitrogen and oxygen atoms in total. The van der Waals surface area contributed by atoms with Crippen molar-refractivity contribution in [2.45, 2.75) is 19.4 Å². The van der Waals surface area contributed by atoms with E-state index in [9.17, 15) is 8.78 Å². The lowest BCUT2D eigenvalue weighted by atomic mass is 10.3. The maximum absolute atomic E-state index is 13.0. The lowest BCUT2D eigenvalue weighted by Crippen LogP contribution is -2.07. The summed E-state index contributed by atoms with van der Waals surface area (Å²) in [4.78, 5) is 0. The van der Waals surface area contributed by atoms with Gasteiger partial charge in [-0.05, 0) is 31.2 Å². The molecule has 0 aliphatic rings. The normalized spacial score (nSPS) is 12.0. The third-order valence-corrected chi connectivity index (χ3v) is 2.70.